The summed E-state index contributed by atoms with van der Waals surface area (Å²) in [6.07, 6.45) is -2.64. The first kappa shape index (κ1) is 18.6. The van der Waals surface area contributed by atoms with E-state index >= 15 is 0 Å². The summed E-state index contributed by atoms with van der Waals surface area (Å²) in [5.41, 5.74) is 0.992. The number of aliphatic hydroxyl groups excluding tert-OH is 3. The minimum atomic E-state index is -1.31. The van der Waals surface area contributed by atoms with Crippen LogP contribution in [0.1, 0.15) is 11.8 Å². The van der Waals surface area contributed by atoms with Crippen LogP contribution in [0.2, 0.25) is 0 Å². The molecule has 3 heterocycles. The number of nitrogens with one attached hydrogen (secondary N) is 2. The number of hydrogen-bond donors (Lipinski definition) is 5. The molecule has 28 heavy (non-hydrogen) atoms. The highest BCUT2D eigenvalue weighted by molar-refractivity contribution is 5.73. The Hall–Kier alpha value is -2.79. The largest absolute Gasteiger partial charge is 0.394 e. The highest BCUT2D eigenvalue weighted by atomic mass is 16.6. The number of H-pyrrole nitrogens is 1. The molecule has 1 fully saturated rings. The maximum Gasteiger partial charge on any atom is 0.278 e. The van der Waals surface area contributed by atoms with Crippen LogP contribution in [0.4, 0.5) is 5.95 Å². The van der Waals surface area contributed by atoms with Crippen molar-refractivity contribution in [1.29, 1.82) is 0 Å². The molecular formula is C18H21N5O5. The Labute approximate surface area is 159 Å². The Morgan fingerprint density at radius 2 is 2.00 bits per heavy atom. The Morgan fingerprint density at radius 1 is 1.21 bits per heavy atom. The number of imidazole rings is 1. The van der Waals surface area contributed by atoms with Crippen molar-refractivity contribution in [3.8, 4) is 0 Å². The third kappa shape index (κ3) is 3.27. The number of benzene rings is 1. The van der Waals surface area contributed by atoms with E-state index < -0.39 is 36.7 Å². The molecule has 5 N–H and O–H groups in total. The minimum Gasteiger partial charge on any atom is -0.394 e. The second-order valence-corrected chi connectivity index (χ2v) is 6.60. The molecule has 0 radical (unpaired) electrons. The minimum absolute atomic E-state index is 0.0856. The van der Waals surface area contributed by atoms with Gasteiger partial charge in [0.05, 0.1) is 12.9 Å². The fourth-order valence-electron chi connectivity index (χ4n) is 3.34. The summed E-state index contributed by atoms with van der Waals surface area (Å²) >= 11 is 0. The number of aromatic nitrogens is 4. The van der Waals surface area contributed by atoms with Crippen LogP contribution in [0.5, 0.6) is 0 Å². The zero-order valence-electron chi connectivity index (χ0n) is 14.9. The normalized spacial score (nSPS) is 24.7. The van der Waals surface area contributed by atoms with Gasteiger partial charge in [0.15, 0.2) is 17.4 Å². The van der Waals surface area contributed by atoms with Crippen LogP contribution < -0.4 is 10.9 Å². The van der Waals surface area contributed by atoms with E-state index in [0.29, 0.717) is 13.0 Å². The lowest BCUT2D eigenvalue weighted by Gasteiger charge is -2.19. The molecule has 148 valence electrons. The average Bonchev–Trinajstić information content (AvgIpc) is 3.21. The molecule has 1 aliphatic rings. The van der Waals surface area contributed by atoms with E-state index in [1.54, 1.807) is 0 Å². The topological polar surface area (TPSA) is 146 Å². The van der Waals surface area contributed by atoms with Crippen molar-refractivity contribution in [2.75, 3.05) is 18.5 Å². The van der Waals surface area contributed by atoms with Gasteiger partial charge in [0.2, 0.25) is 5.95 Å². The van der Waals surface area contributed by atoms with E-state index in [4.69, 9.17) is 4.74 Å². The highest BCUT2D eigenvalue weighted by Gasteiger charge is 2.45. The number of aliphatic hydroxyl groups is 3. The summed E-state index contributed by atoms with van der Waals surface area (Å²) < 4.78 is 7.06. The van der Waals surface area contributed by atoms with Crippen molar-refractivity contribution in [2.24, 2.45) is 0 Å². The fourth-order valence-corrected chi connectivity index (χ4v) is 3.34. The number of fused-ring (bicyclic) bond motifs is 1. The molecule has 3 aromatic rings. The van der Waals surface area contributed by atoms with Crippen LogP contribution in [0, 0.1) is 0 Å². The van der Waals surface area contributed by atoms with Crippen molar-refractivity contribution in [2.45, 2.75) is 31.0 Å². The van der Waals surface area contributed by atoms with Gasteiger partial charge >= 0.3 is 0 Å². The van der Waals surface area contributed by atoms with Crippen LogP contribution in [-0.4, -0.2) is 66.3 Å². The predicted octanol–water partition coefficient (Wildman–Crippen LogP) is -0.614. The molecule has 0 spiro atoms. The molecule has 0 aliphatic carbocycles. The smallest absolute Gasteiger partial charge is 0.278 e. The number of hydrogen-bond acceptors (Lipinski definition) is 8. The van der Waals surface area contributed by atoms with Crippen molar-refractivity contribution in [3.63, 3.8) is 0 Å². The molecule has 0 unspecified atom stereocenters. The SMILES string of the molecule is O=c1[nH]cnc2c1nc(NCCc1ccccc1)n2[C@H]1O[C@@H](CO)[C@H](O)[C@@H]1O. The van der Waals surface area contributed by atoms with E-state index in [9.17, 15) is 20.1 Å². The first-order chi connectivity index (χ1) is 13.6. The van der Waals surface area contributed by atoms with Crippen molar-refractivity contribution < 1.29 is 20.1 Å². The number of anilines is 1. The van der Waals surface area contributed by atoms with E-state index in [0.717, 1.165) is 5.56 Å². The molecule has 10 heteroatoms. The van der Waals surface area contributed by atoms with Gasteiger partial charge in [-0.1, -0.05) is 30.3 Å². The molecule has 0 saturated carbocycles. The maximum atomic E-state index is 12.1. The van der Waals surface area contributed by atoms with Gasteiger partial charge in [0, 0.05) is 6.54 Å². The van der Waals surface area contributed by atoms with E-state index in [1.807, 2.05) is 30.3 Å². The molecule has 1 aromatic carbocycles. The molecule has 0 amide bonds. The van der Waals surface area contributed by atoms with E-state index in [-0.39, 0.29) is 17.1 Å². The van der Waals surface area contributed by atoms with Crippen LogP contribution in [0.3, 0.4) is 0 Å². The lowest BCUT2D eigenvalue weighted by atomic mass is 10.1. The Kier molecular flexibility index (Phi) is 5.09. The second-order valence-electron chi connectivity index (χ2n) is 6.60. The zero-order chi connectivity index (χ0) is 19.7. The summed E-state index contributed by atoms with van der Waals surface area (Å²) in [5, 5.41) is 33.0. The number of rotatable bonds is 6. The molecule has 10 nitrogen and oxygen atoms in total. The Balaban J connectivity index is 1.67. The number of aromatic amines is 1. The quantitative estimate of drug-likeness (QED) is 0.376. The lowest BCUT2D eigenvalue weighted by molar-refractivity contribution is -0.0501. The fraction of sp³-hybridized carbons (Fsp3) is 0.389. The van der Waals surface area contributed by atoms with Gasteiger partial charge in [-0.05, 0) is 12.0 Å². The predicted molar refractivity (Wildman–Crippen MR) is 99.8 cm³/mol. The van der Waals surface area contributed by atoms with Gasteiger partial charge in [0.1, 0.15) is 18.3 Å². The van der Waals surface area contributed by atoms with Gasteiger partial charge < -0.3 is 30.4 Å². The van der Waals surface area contributed by atoms with Crippen LogP contribution in [-0.2, 0) is 11.2 Å². The third-order valence-electron chi connectivity index (χ3n) is 4.79. The summed E-state index contributed by atoms with van der Waals surface area (Å²) in [6.45, 7) is 0.0617. The van der Waals surface area contributed by atoms with Gasteiger partial charge in [0.25, 0.3) is 5.56 Å². The van der Waals surface area contributed by atoms with Crippen molar-refractivity contribution >= 4 is 17.1 Å². The van der Waals surface area contributed by atoms with E-state index in [2.05, 4.69) is 20.3 Å². The zero-order valence-corrected chi connectivity index (χ0v) is 14.9. The van der Waals surface area contributed by atoms with Crippen LogP contribution >= 0.6 is 0 Å². The molecular weight excluding hydrogens is 366 g/mol. The third-order valence-corrected chi connectivity index (χ3v) is 4.79. The van der Waals surface area contributed by atoms with Gasteiger partial charge in [-0.15, -0.1) is 0 Å². The van der Waals surface area contributed by atoms with Crippen LogP contribution in [0.15, 0.2) is 41.5 Å². The van der Waals surface area contributed by atoms with Crippen LogP contribution in [0.25, 0.3) is 11.2 Å². The number of nitrogens with zero attached hydrogens (tertiary/aromatic N) is 3. The first-order valence-corrected chi connectivity index (χ1v) is 8.96. The average molecular weight is 387 g/mol. The molecule has 0 bridgehead atoms. The second kappa shape index (κ2) is 7.68. The molecule has 1 saturated heterocycles. The van der Waals surface area contributed by atoms with Gasteiger partial charge in [-0.2, -0.15) is 0 Å². The summed E-state index contributed by atoms with van der Waals surface area (Å²) in [6, 6.07) is 9.85. The van der Waals surface area contributed by atoms with Gasteiger partial charge in [-0.25, -0.2) is 9.97 Å². The van der Waals surface area contributed by atoms with E-state index in [1.165, 1.54) is 10.9 Å². The van der Waals surface area contributed by atoms with Crippen molar-refractivity contribution in [1.82, 2.24) is 19.5 Å². The van der Waals surface area contributed by atoms with Crippen molar-refractivity contribution in [3.05, 3.63) is 52.6 Å². The standard InChI is InChI=1S/C18H21N5O5/c24-8-11-13(25)14(26)17(28-11)23-15-12(16(27)21-9-20-15)22-18(23)19-7-6-10-4-2-1-3-5-10/h1-5,9,11,13-14,17,24-26H,6-8H2,(H,19,22)(H,20,21,27)/t11-,13-,14-,17-/m0/s1. The summed E-state index contributed by atoms with van der Waals surface area (Å²) in [4.78, 5) is 23.1. The molecule has 2 aromatic heterocycles. The molecule has 4 rings (SSSR count). The Morgan fingerprint density at radius 3 is 2.71 bits per heavy atom. The summed E-state index contributed by atoms with van der Waals surface area (Å²) in [7, 11) is 0. The maximum absolute atomic E-state index is 12.1. The molecule has 4 atom stereocenters. The monoisotopic (exact) mass is 387 g/mol. The number of ether oxygens (including phenoxy) is 1. The Bertz CT molecular complexity index is 1000. The first-order valence-electron chi connectivity index (χ1n) is 8.96. The molecule has 1 aliphatic heterocycles. The summed E-state index contributed by atoms with van der Waals surface area (Å²) in [5.74, 6) is 0.282. The lowest BCUT2D eigenvalue weighted by Crippen LogP contribution is -2.33. The highest BCUT2D eigenvalue weighted by Crippen LogP contribution is 2.33. The van der Waals surface area contributed by atoms with Gasteiger partial charge in [-0.3, -0.25) is 9.36 Å².